The first-order chi connectivity index (χ1) is 19.3. The van der Waals surface area contributed by atoms with Crippen LogP contribution in [0.25, 0.3) is 16.9 Å². The summed E-state index contributed by atoms with van der Waals surface area (Å²) >= 11 is 0. The number of piperazine rings is 1. The SMILES string of the molecule is CC(C)c1cc(-c2ccc(C(F)(F)F)cc2)nn2cc(C=O)nc12.CN1CCN(C(=O)c2ccncn2)CC1(C)C. The van der Waals surface area contributed by atoms with Gasteiger partial charge in [0.1, 0.15) is 17.7 Å². The van der Waals surface area contributed by atoms with E-state index in [1.165, 1.54) is 29.2 Å². The van der Waals surface area contributed by atoms with Crippen molar-refractivity contribution < 1.29 is 22.8 Å². The van der Waals surface area contributed by atoms with E-state index in [1.807, 2.05) is 18.7 Å². The Hall–Kier alpha value is -4.19. The van der Waals surface area contributed by atoms with Gasteiger partial charge in [0.2, 0.25) is 0 Å². The van der Waals surface area contributed by atoms with Gasteiger partial charge >= 0.3 is 6.18 Å². The molecule has 4 aromatic rings. The molecule has 12 heteroatoms. The number of likely N-dealkylation sites (N-methyl/N-ethyl adjacent to an activating group) is 1. The maximum absolute atomic E-state index is 12.7. The summed E-state index contributed by atoms with van der Waals surface area (Å²) in [5.41, 5.74) is 2.57. The van der Waals surface area contributed by atoms with Crippen LogP contribution in [0.15, 0.2) is 55.1 Å². The van der Waals surface area contributed by atoms with E-state index in [1.54, 1.807) is 18.3 Å². The molecule has 0 aliphatic carbocycles. The smallest absolute Gasteiger partial charge is 0.334 e. The molecule has 0 radical (unpaired) electrons. The Bertz CT molecular complexity index is 1520. The molecule has 1 aliphatic heterocycles. The lowest BCUT2D eigenvalue weighted by Crippen LogP contribution is -2.58. The zero-order valence-corrected chi connectivity index (χ0v) is 23.6. The summed E-state index contributed by atoms with van der Waals surface area (Å²) in [6.07, 6.45) is 0.774. The van der Waals surface area contributed by atoms with Crippen LogP contribution in [0.2, 0.25) is 0 Å². The Kier molecular flexibility index (Phi) is 8.52. The Balaban J connectivity index is 0.000000201. The number of imidazole rings is 1. The molecule has 1 saturated heterocycles. The topological polar surface area (TPSA) is 96.6 Å². The van der Waals surface area contributed by atoms with Gasteiger partial charge in [-0.15, -0.1) is 0 Å². The third-order valence-corrected chi connectivity index (χ3v) is 7.13. The van der Waals surface area contributed by atoms with Gasteiger partial charge in [0.05, 0.1) is 17.5 Å². The van der Waals surface area contributed by atoms with Gasteiger partial charge in [-0.05, 0) is 51.1 Å². The number of nitrogens with zero attached hydrogens (tertiary/aromatic N) is 7. The number of hydrogen-bond donors (Lipinski definition) is 0. The Morgan fingerprint density at radius 1 is 1.10 bits per heavy atom. The van der Waals surface area contributed by atoms with E-state index in [4.69, 9.17) is 0 Å². The van der Waals surface area contributed by atoms with Crippen LogP contribution >= 0.6 is 0 Å². The summed E-state index contributed by atoms with van der Waals surface area (Å²) in [4.78, 5) is 39.3. The summed E-state index contributed by atoms with van der Waals surface area (Å²) in [6.45, 7) is 10.6. The van der Waals surface area contributed by atoms with E-state index in [-0.39, 0.29) is 23.1 Å². The number of aromatic nitrogens is 5. The predicted octanol–water partition coefficient (Wildman–Crippen LogP) is 4.99. The van der Waals surface area contributed by atoms with Crippen molar-refractivity contribution in [1.29, 1.82) is 0 Å². The van der Waals surface area contributed by atoms with Gasteiger partial charge in [-0.1, -0.05) is 26.0 Å². The lowest BCUT2D eigenvalue weighted by atomic mass is 9.99. The second-order valence-electron chi connectivity index (χ2n) is 10.8. The number of hydrogen-bond acceptors (Lipinski definition) is 7. The van der Waals surface area contributed by atoms with Gasteiger partial charge in [0, 0.05) is 42.5 Å². The number of amides is 1. The van der Waals surface area contributed by atoms with Crippen molar-refractivity contribution in [3.05, 3.63) is 77.6 Å². The van der Waals surface area contributed by atoms with Gasteiger partial charge in [0.25, 0.3) is 5.91 Å². The van der Waals surface area contributed by atoms with E-state index in [9.17, 15) is 22.8 Å². The molecule has 4 heterocycles. The van der Waals surface area contributed by atoms with Crippen LogP contribution in [0, 0.1) is 0 Å². The highest BCUT2D eigenvalue weighted by Crippen LogP contribution is 2.31. The fraction of sp³-hybridized carbons (Fsp3) is 0.379. The van der Waals surface area contributed by atoms with Gasteiger partial charge in [-0.25, -0.2) is 19.5 Å². The number of carbonyl (C=O) groups is 2. The quantitative estimate of drug-likeness (QED) is 0.321. The molecule has 5 rings (SSSR count). The molecule has 0 N–H and O–H groups in total. The molecule has 9 nitrogen and oxygen atoms in total. The molecule has 0 spiro atoms. The average molecular weight is 568 g/mol. The number of aldehydes is 1. The predicted molar refractivity (Wildman–Crippen MR) is 148 cm³/mol. The minimum atomic E-state index is -4.37. The Morgan fingerprint density at radius 3 is 2.37 bits per heavy atom. The molecule has 1 aliphatic rings. The van der Waals surface area contributed by atoms with Gasteiger partial charge in [0.15, 0.2) is 11.9 Å². The second kappa shape index (κ2) is 11.7. The molecule has 0 bridgehead atoms. The molecule has 0 atom stereocenters. The van der Waals surface area contributed by atoms with Gasteiger partial charge < -0.3 is 4.90 Å². The van der Waals surface area contributed by atoms with Gasteiger partial charge in [-0.2, -0.15) is 18.3 Å². The Labute approximate surface area is 236 Å². The summed E-state index contributed by atoms with van der Waals surface area (Å²) in [6, 6.07) is 8.29. The summed E-state index contributed by atoms with van der Waals surface area (Å²) in [5.74, 6) is 0.110. The molecular weight excluding hydrogens is 535 g/mol. The van der Waals surface area contributed by atoms with E-state index in [0.717, 1.165) is 37.3 Å². The average Bonchev–Trinajstić information content (AvgIpc) is 3.37. The zero-order valence-electron chi connectivity index (χ0n) is 23.6. The minimum Gasteiger partial charge on any atom is -0.334 e. The molecular formula is C29H32F3N7O2. The second-order valence-corrected chi connectivity index (χ2v) is 10.8. The number of benzene rings is 1. The van der Waals surface area contributed by atoms with Crippen molar-refractivity contribution in [2.75, 3.05) is 26.7 Å². The molecule has 1 amide bonds. The highest BCUT2D eigenvalue weighted by atomic mass is 19.4. The van der Waals surface area contributed by atoms with Crippen LogP contribution in [0.1, 0.15) is 65.7 Å². The first kappa shape index (κ1) is 29.8. The van der Waals surface area contributed by atoms with Crippen molar-refractivity contribution in [1.82, 2.24) is 34.4 Å². The lowest BCUT2D eigenvalue weighted by Gasteiger charge is -2.45. The van der Waals surface area contributed by atoms with Crippen molar-refractivity contribution in [3.8, 4) is 11.3 Å². The van der Waals surface area contributed by atoms with Crippen LogP contribution in [0.3, 0.4) is 0 Å². The molecule has 41 heavy (non-hydrogen) atoms. The maximum Gasteiger partial charge on any atom is 0.416 e. The number of alkyl halides is 3. The number of carbonyl (C=O) groups excluding carboxylic acids is 2. The standard InChI is InChI=1S/C17H14F3N3O.C12H18N4O/c1-10(2)14-7-15(22-23-8-13(9-24)21-16(14)23)11-3-5-12(6-4-11)17(18,19)20;1-12(2)8-16(7-6-15(12)3)11(17)10-4-5-13-9-14-10/h3-10H,1-2H3;4-5,9H,6-8H2,1-3H3. The highest BCUT2D eigenvalue weighted by molar-refractivity contribution is 5.92. The Morgan fingerprint density at radius 2 is 1.80 bits per heavy atom. The van der Waals surface area contributed by atoms with E-state index < -0.39 is 11.7 Å². The molecule has 3 aromatic heterocycles. The fourth-order valence-corrected chi connectivity index (χ4v) is 4.46. The van der Waals surface area contributed by atoms with Crippen LogP contribution < -0.4 is 0 Å². The van der Waals surface area contributed by atoms with Gasteiger partial charge in [-0.3, -0.25) is 14.5 Å². The first-order valence-electron chi connectivity index (χ1n) is 13.1. The molecule has 216 valence electrons. The van der Waals surface area contributed by atoms with Crippen molar-refractivity contribution >= 4 is 17.8 Å². The maximum atomic E-state index is 12.7. The third kappa shape index (κ3) is 6.76. The fourth-order valence-electron chi connectivity index (χ4n) is 4.46. The van der Waals surface area contributed by atoms with E-state index in [2.05, 4.69) is 45.8 Å². The van der Waals surface area contributed by atoms with Crippen LogP contribution in [-0.2, 0) is 6.18 Å². The highest BCUT2D eigenvalue weighted by Gasteiger charge is 2.34. The van der Waals surface area contributed by atoms with Crippen molar-refractivity contribution in [2.24, 2.45) is 0 Å². The normalized spacial score (nSPS) is 15.5. The monoisotopic (exact) mass is 567 g/mol. The number of fused-ring (bicyclic) bond motifs is 1. The molecule has 1 fully saturated rings. The largest absolute Gasteiger partial charge is 0.416 e. The summed E-state index contributed by atoms with van der Waals surface area (Å²) in [5, 5.41) is 4.36. The van der Waals surface area contributed by atoms with Crippen LogP contribution in [-0.4, -0.2) is 78.8 Å². The van der Waals surface area contributed by atoms with Crippen molar-refractivity contribution in [2.45, 2.75) is 45.3 Å². The molecule has 1 aromatic carbocycles. The lowest BCUT2D eigenvalue weighted by molar-refractivity contribution is -0.137. The molecule has 0 unspecified atom stereocenters. The van der Waals surface area contributed by atoms with Crippen LogP contribution in [0.4, 0.5) is 13.2 Å². The summed E-state index contributed by atoms with van der Waals surface area (Å²) in [7, 11) is 2.09. The number of halogens is 3. The summed E-state index contributed by atoms with van der Waals surface area (Å²) < 4.78 is 39.5. The third-order valence-electron chi connectivity index (χ3n) is 7.13. The van der Waals surface area contributed by atoms with Crippen LogP contribution in [0.5, 0.6) is 0 Å². The van der Waals surface area contributed by atoms with E-state index in [0.29, 0.717) is 28.9 Å². The zero-order chi connectivity index (χ0) is 29.9. The van der Waals surface area contributed by atoms with E-state index >= 15 is 0 Å². The number of rotatable bonds is 4. The molecule has 0 saturated carbocycles. The first-order valence-corrected chi connectivity index (χ1v) is 13.1. The van der Waals surface area contributed by atoms with Crippen molar-refractivity contribution in [3.63, 3.8) is 0 Å². The minimum absolute atomic E-state index is 0.00595.